The van der Waals surface area contributed by atoms with E-state index in [0.29, 0.717) is 27.4 Å². The van der Waals surface area contributed by atoms with Crippen LogP contribution in [0.3, 0.4) is 0 Å². The maximum absolute atomic E-state index is 11.8. The molecular weight excluding hydrogens is 356 g/mol. The molecule has 5 nitrogen and oxygen atoms in total. The van der Waals surface area contributed by atoms with E-state index in [9.17, 15) is 4.79 Å². The molecule has 0 N–H and O–H groups in total. The topological polar surface area (TPSA) is 42.0 Å². The van der Waals surface area contributed by atoms with Crippen LogP contribution in [0.4, 0.5) is 0 Å². The Labute approximate surface area is 160 Å². The maximum Gasteiger partial charge on any atom is 0.264 e. The first-order valence-electron chi connectivity index (χ1n) is 8.45. The Morgan fingerprint density at radius 3 is 1.48 bits per heavy atom. The van der Waals surface area contributed by atoms with Gasteiger partial charge in [-0.25, -0.2) is 0 Å². The number of benzene rings is 1. The molecule has 0 aromatic heterocycles. The predicted molar refractivity (Wildman–Crippen MR) is 109 cm³/mol. The summed E-state index contributed by atoms with van der Waals surface area (Å²) in [5.41, 5.74) is 0.484. The molecule has 0 saturated carbocycles. The summed E-state index contributed by atoms with van der Waals surface area (Å²) in [5.74, 6) is 0.835. The Hall–Kier alpha value is -1.73. The molecule has 0 amide bonds. The summed E-state index contributed by atoms with van der Waals surface area (Å²) in [7, 11) is 0. The summed E-state index contributed by atoms with van der Waals surface area (Å²) in [6.45, 7) is 12.5. The number of ether oxygens (including phenoxy) is 2. The molecule has 25 heavy (non-hydrogen) atoms. The lowest BCUT2D eigenvalue weighted by atomic mass is 10.1. The second-order valence-corrected chi connectivity index (χ2v) is 6.03. The molecule has 7 heteroatoms. The molecule has 1 aromatic rings. The number of thiocarbonyl (C=S) groups is 2. The number of carbonyl (C=O) groups excluding carboxylic acids is 1. The van der Waals surface area contributed by atoms with E-state index in [-0.39, 0.29) is 5.78 Å². The summed E-state index contributed by atoms with van der Waals surface area (Å²) >= 11 is 10.6. The van der Waals surface area contributed by atoms with Crippen molar-refractivity contribution in [3.05, 3.63) is 23.8 Å². The molecule has 0 saturated heterocycles. The molecule has 1 aromatic carbocycles. The number of rotatable bonds is 7. The Bertz CT molecular complexity index is 582. The van der Waals surface area contributed by atoms with Crippen molar-refractivity contribution in [1.82, 2.24) is 9.80 Å². The van der Waals surface area contributed by atoms with Crippen LogP contribution < -0.4 is 9.47 Å². The quantitative estimate of drug-likeness (QED) is 0.523. The van der Waals surface area contributed by atoms with E-state index < -0.39 is 0 Å². The van der Waals surface area contributed by atoms with Crippen LogP contribution in [0.15, 0.2) is 18.2 Å². The molecule has 0 aliphatic carbocycles. The van der Waals surface area contributed by atoms with Crippen LogP contribution in [0, 0.1) is 0 Å². The lowest BCUT2D eigenvalue weighted by molar-refractivity contribution is 0.101. The molecular formula is C18H26N2O3S2. The Morgan fingerprint density at radius 2 is 1.20 bits per heavy atom. The summed E-state index contributed by atoms with van der Waals surface area (Å²) < 4.78 is 11.5. The highest BCUT2D eigenvalue weighted by Gasteiger charge is 2.14. The minimum Gasteiger partial charge on any atom is -0.432 e. The van der Waals surface area contributed by atoms with Gasteiger partial charge < -0.3 is 19.3 Å². The molecule has 0 unspecified atom stereocenters. The molecule has 0 heterocycles. The van der Waals surface area contributed by atoms with Gasteiger partial charge in [0.05, 0.1) is 0 Å². The van der Waals surface area contributed by atoms with Gasteiger partial charge in [0, 0.05) is 37.8 Å². The van der Waals surface area contributed by atoms with E-state index in [2.05, 4.69) is 0 Å². The van der Waals surface area contributed by atoms with E-state index in [4.69, 9.17) is 33.9 Å². The zero-order valence-corrected chi connectivity index (χ0v) is 17.1. The van der Waals surface area contributed by atoms with Gasteiger partial charge in [0.1, 0.15) is 11.5 Å². The summed E-state index contributed by atoms with van der Waals surface area (Å²) in [4.78, 5) is 15.6. The van der Waals surface area contributed by atoms with Gasteiger partial charge in [-0.05, 0) is 71.2 Å². The number of ketones is 1. The van der Waals surface area contributed by atoms with Crippen molar-refractivity contribution in [2.75, 3.05) is 26.2 Å². The third-order valence-electron chi connectivity index (χ3n) is 3.74. The Morgan fingerprint density at radius 1 is 0.840 bits per heavy atom. The van der Waals surface area contributed by atoms with Crippen molar-refractivity contribution in [1.29, 1.82) is 0 Å². The monoisotopic (exact) mass is 382 g/mol. The molecule has 0 fully saturated rings. The van der Waals surface area contributed by atoms with Crippen LogP contribution in [0.1, 0.15) is 45.0 Å². The molecule has 138 valence electrons. The lowest BCUT2D eigenvalue weighted by Gasteiger charge is -2.23. The third kappa shape index (κ3) is 6.25. The Kier molecular flexibility index (Phi) is 8.78. The first-order chi connectivity index (χ1) is 11.9. The average Bonchev–Trinajstić information content (AvgIpc) is 2.56. The molecule has 1 rings (SSSR count). The first-order valence-corrected chi connectivity index (χ1v) is 9.27. The second kappa shape index (κ2) is 10.3. The van der Waals surface area contributed by atoms with E-state index in [1.54, 1.807) is 18.2 Å². The fraction of sp³-hybridized carbons (Fsp3) is 0.500. The van der Waals surface area contributed by atoms with Crippen molar-refractivity contribution in [3.8, 4) is 11.5 Å². The minimum atomic E-state index is -0.0854. The SMILES string of the molecule is CCN(CC)C(=S)Oc1cc(OC(=S)N(CC)CC)cc(C(C)=O)c1. The first kappa shape index (κ1) is 21.3. The van der Waals surface area contributed by atoms with Crippen molar-refractivity contribution in [3.63, 3.8) is 0 Å². The standard InChI is InChI=1S/C18H26N2O3S2/c1-6-19(7-2)17(24)22-15-10-14(13(5)21)11-16(12-15)23-18(25)20(8-3)9-4/h10-12H,6-9H2,1-5H3. The minimum absolute atomic E-state index is 0.0854. The molecule has 0 bridgehead atoms. The van der Waals surface area contributed by atoms with Crippen molar-refractivity contribution in [2.45, 2.75) is 34.6 Å². The van der Waals surface area contributed by atoms with Gasteiger partial charge >= 0.3 is 0 Å². The number of hydrogen-bond donors (Lipinski definition) is 0. The van der Waals surface area contributed by atoms with Gasteiger partial charge in [-0.1, -0.05) is 0 Å². The molecule has 0 radical (unpaired) electrons. The van der Waals surface area contributed by atoms with Gasteiger partial charge in [-0.15, -0.1) is 0 Å². The number of Topliss-reactive ketones (excluding diaryl/α,β-unsaturated/α-hetero) is 1. The van der Waals surface area contributed by atoms with E-state index >= 15 is 0 Å². The van der Waals surface area contributed by atoms with E-state index in [1.165, 1.54) is 6.92 Å². The number of hydrogen-bond acceptors (Lipinski definition) is 5. The maximum atomic E-state index is 11.8. The van der Waals surface area contributed by atoms with Crippen LogP contribution in [0.25, 0.3) is 0 Å². The van der Waals surface area contributed by atoms with Gasteiger partial charge in [0.25, 0.3) is 10.3 Å². The van der Waals surface area contributed by atoms with Crippen molar-refractivity contribution in [2.24, 2.45) is 0 Å². The highest BCUT2D eigenvalue weighted by atomic mass is 32.1. The zero-order chi connectivity index (χ0) is 19.0. The highest BCUT2D eigenvalue weighted by Crippen LogP contribution is 2.25. The summed E-state index contributed by atoms with van der Waals surface area (Å²) in [6.07, 6.45) is 0. The van der Waals surface area contributed by atoms with Gasteiger partial charge in [-0.2, -0.15) is 0 Å². The average molecular weight is 383 g/mol. The summed E-state index contributed by atoms with van der Waals surface area (Å²) in [6, 6.07) is 5.01. The number of nitrogens with zero attached hydrogens (tertiary/aromatic N) is 2. The lowest BCUT2D eigenvalue weighted by Crippen LogP contribution is -2.33. The second-order valence-electron chi connectivity index (χ2n) is 5.33. The largest absolute Gasteiger partial charge is 0.432 e. The molecule has 0 aliphatic rings. The van der Waals surface area contributed by atoms with Crippen LogP contribution in [0.2, 0.25) is 0 Å². The molecule has 0 spiro atoms. The molecule has 0 atom stereocenters. The Balaban J connectivity index is 3.07. The van der Waals surface area contributed by atoms with Crippen LogP contribution in [0.5, 0.6) is 11.5 Å². The smallest absolute Gasteiger partial charge is 0.264 e. The summed E-state index contributed by atoms with van der Waals surface area (Å²) in [5, 5.41) is 0.728. The van der Waals surface area contributed by atoms with Gasteiger partial charge in [0.2, 0.25) is 0 Å². The van der Waals surface area contributed by atoms with Crippen LogP contribution in [-0.4, -0.2) is 52.1 Å². The molecule has 0 aliphatic heterocycles. The normalized spacial score (nSPS) is 10.1. The van der Waals surface area contributed by atoms with Gasteiger partial charge in [0.15, 0.2) is 5.78 Å². The van der Waals surface area contributed by atoms with Crippen LogP contribution in [-0.2, 0) is 0 Å². The van der Waals surface area contributed by atoms with E-state index in [1.807, 2.05) is 37.5 Å². The predicted octanol–water partition coefficient (Wildman–Crippen LogP) is 3.90. The third-order valence-corrected chi connectivity index (χ3v) is 4.42. The zero-order valence-electron chi connectivity index (χ0n) is 15.5. The van der Waals surface area contributed by atoms with Crippen molar-refractivity contribution < 1.29 is 14.3 Å². The van der Waals surface area contributed by atoms with E-state index in [0.717, 1.165) is 26.2 Å². The van der Waals surface area contributed by atoms with Gasteiger partial charge in [-0.3, -0.25) is 4.79 Å². The highest BCUT2D eigenvalue weighted by molar-refractivity contribution is 7.80. The fourth-order valence-corrected chi connectivity index (χ4v) is 2.90. The fourth-order valence-electron chi connectivity index (χ4n) is 2.19. The number of carbonyl (C=O) groups is 1. The van der Waals surface area contributed by atoms with Crippen molar-refractivity contribution >= 4 is 40.6 Å². The van der Waals surface area contributed by atoms with Crippen LogP contribution >= 0.6 is 24.4 Å².